The second-order valence-electron chi connectivity index (χ2n) is 7.12. The molecule has 1 amide bonds. The van der Waals surface area contributed by atoms with Crippen LogP contribution in [0.25, 0.3) is 0 Å². The molecule has 0 aromatic heterocycles. The molecule has 1 atom stereocenters. The Morgan fingerprint density at radius 1 is 1.14 bits per heavy atom. The third kappa shape index (κ3) is 5.18. The molecule has 1 unspecified atom stereocenters. The molecule has 1 fully saturated rings. The summed E-state index contributed by atoms with van der Waals surface area (Å²) in [4.78, 5) is 17.4. The first kappa shape index (κ1) is 20.5. The van der Waals surface area contributed by atoms with Crippen molar-refractivity contribution in [3.05, 3.63) is 53.1 Å². The van der Waals surface area contributed by atoms with E-state index in [-0.39, 0.29) is 5.91 Å². The molecule has 0 aliphatic carbocycles. The SMILES string of the molecule is CCN1CCN(c2ccc(NC(=O)C(C)Oc3ccc(Cl)cc3)c(C)c2)CC1. The molecule has 1 aliphatic heterocycles. The summed E-state index contributed by atoms with van der Waals surface area (Å²) < 4.78 is 5.70. The molecule has 2 aromatic rings. The quantitative estimate of drug-likeness (QED) is 0.788. The van der Waals surface area contributed by atoms with E-state index in [2.05, 4.69) is 34.2 Å². The number of piperazine rings is 1. The molecule has 0 radical (unpaired) electrons. The van der Waals surface area contributed by atoms with Gasteiger partial charge < -0.3 is 19.9 Å². The molecule has 0 bridgehead atoms. The largest absolute Gasteiger partial charge is 0.481 e. The maximum Gasteiger partial charge on any atom is 0.265 e. The second-order valence-corrected chi connectivity index (χ2v) is 7.56. The van der Waals surface area contributed by atoms with Crippen LogP contribution in [0.5, 0.6) is 5.75 Å². The van der Waals surface area contributed by atoms with Crippen LogP contribution in [-0.2, 0) is 4.79 Å². The van der Waals surface area contributed by atoms with Crippen LogP contribution in [0, 0.1) is 6.92 Å². The minimum Gasteiger partial charge on any atom is -0.481 e. The zero-order valence-corrected chi connectivity index (χ0v) is 17.5. The van der Waals surface area contributed by atoms with Gasteiger partial charge in [-0.3, -0.25) is 4.79 Å². The van der Waals surface area contributed by atoms with E-state index in [1.165, 1.54) is 5.69 Å². The molecule has 150 valence electrons. The molecule has 5 nitrogen and oxygen atoms in total. The van der Waals surface area contributed by atoms with Gasteiger partial charge in [-0.25, -0.2) is 0 Å². The number of amides is 1. The van der Waals surface area contributed by atoms with E-state index in [1.54, 1.807) is 31.2 Å². The number of hydrogen-bond donors (Lipinski definition) is 1. The summed E-state index contributed by atoms with van der Waals surface area (Å²) in [6, 6.07) is 13.2. The Balaban J connectivity index is 1.59. The zero-order valence-electron chi connectivity index (χ0n) is 16.7. The Kier molecular flexibility index (Phi) is 6.81. The molecule has 1 saturated heterocycles. The van der Waals surface area contributed by atoms with Crippen molar-refractivity contribution >= 4 is 28.9 Å². The number of aryl methyl sites for hydroxylation is 1. The minimum absolute atomic E-state index is 0.178. The first-order valence-electron chi connectivity index (χ1n) is 9.77. The van der Waals surface area contributed by atoms with Crippen molar-refractivity contribution in [3.63, 3.8) is 0 Å². The molecule has 0 spiro atoms. The molecule has 28 heavy (non-hydrogen) atoms. The van der Waals surface area contributed by atoms with Crippen molar-refractivity contribution in [3.8, 4) is 5.75 Å². The van der Waals surface area contributed by atoms with E-state index in [9.17, 15) is 4.79 Å². The van der Waals surface area contributed by atoms with E-state index in [4.69, 9.17) is 16.3 Å². The normalized spacial score (nSPS) is 15.9. The molecule has 2 aromatic carbocycles. The van der Waals surface area contributed by atoms with Gasteiger partial charge in [-0.15, -0.1) is 0 Å². The summed E-state index contributed by atoms with van der Waals surface area (Å²) in [5.41, 5.74) is 3.06. The number of carbonyl (C=O) groups is 1. The lowest BCUT2D eigenvalue weighted by atomic mass is 10.1. The highest BCUT2D eigenvalue weighted by Crippen LogP contribution is 2.24. The summed E-state index contributed by atoms with van der Waals surface area (Å²) in [6.07, 6.45) is -0.609. The number of rotatable bonds is 6. The van der Waals surface area contributed by atoms with Gasteiger partial charge in [0.1, 0.15) is 5.75 Å². The highest BCUT2D eigenvalue weighted by Gasteiger charge is 2.18. The first-order chi connectivity index (χ1) is 13.5. The first-order valence-corrected chi connectivity index (χ1v) is 10.1. The number of likely N-dealkylation sites (N-methyl/N-ethyl adjacent to an activating group) is 1. The molecule has 6 heteroatoms. The maximum atomic E-state index is 12.5. The fourth-order valence-corrected chi connectivity index (χ4v) is 3.44. The molecular weight excluding hydrogens is 374 g/mol. The Hall–Kier alpha value is -2.24. The number of anilines is 2. The summed E-state index contributed by atoms with van der Waals surface area (Å²) in [7, 11) is 0. The monoisotopic (exact) mass is 401 g/mol. The average molecular weight is 402 g/mol. The highest BCUT2D eigenvalue weighted by atomic mass is 35.5. The van der Waals surface area contributed by atoms with Gasteiger partial charge in [-0.05, 0) is 68.4 Å². The van der Waals surface area contributed by atoms with Gasteiger partial charge in [0.2, 0.25) is 0 Å². The Morgan fingerprint density at radius 2 is 1.82 bits per heavy atom. The fraction of sp³-hybridized carbons (Fsp3) is 0.409. The second kappa shape index (κ2) is 9.30. The standard InChI is InChI=1S/C22H28ClN3O2/c1-4-25-11-13-26(14-12-25)19-7-10-21(16(2)15-19)24-22(27)17(3)28-20-8-5-18(23)6-9-20/h5-10,15,17H,4,11-14H2,1-3H3,(H,24,27). The van der Waals surface area contributed by atoms with Gasteiger partial charge in [-0.2, -0.15) is 0 Å². The summed E-state index contributed by atoms with van der Waals surface area (Å²) in [5, 5.41) is 3.61. The number of nitrogens with one attached hydrogen (secondary N) is 1. The van der Waals surface area contributed by atoms with Crippen molar-refractivity contribution < 1.29 is 9.53 Å². The Morgan fingerprint density at radius 3 is 2.43 bits per heavy atom. The molecule has 1 N–H and O–H groups in total. The molecule has 1 aliphatic rings. The summed E-state index contributed by atoms with van der Waals surface area (Å²) in [6.45, 7) is 11.3. The van der Waals surface area contributed by atoms with Gasteiger partial charge in [0.15, 0.2) is 6.10 Å². The molecule has 1 heterocycles. The van der Waals surface area contributed by atoms with E-state index >= 15 is 0 Å². The van der Waals surface area contributed by atoms with Crippen LogP contribution in [0.4, 0.5) is 11.4 Å². The van der Waals surface area contributed by atoms with Crippen molar-refractivity contribution in [1.29, 1.82) is 0 Å². The third-order valence-corrected chi connectivity index (χ3v) is 5.40. The van der Waals surface area contributed by atoms with Crippen LogP contribution in [0.15, 0.2) is 42.5 Å². The van der Waals surface area contributed by atoms with Crippen LogP contribution in [-0.4, -0.2) is 49.6 Å². The smallest absolute Gasteiger partial charge is 0.265 e. The van der Waals surface area contributed by atoms with Crippen LogP contribution in [0.2, 0.25) is 5.02 Å². The number of carbonyl (C=O) groups excluding carboxylic acids is 1. The third-order valence-electron chi connectivity index (χ3n) is 5.15. The predicted molar refractivity (Wildman–Crippen MR) is 116 cm³/mol. The predicted octanol–water partition coefficient (Wildman–Crippen LogP) is 4.20. The number of nitrogens with zero attached hydrogens (tertiary/aromatic N) is 2. The van der Waals surface area contributed by atoms with Gasteiger partial charge in [0.05, 0.1) is 0 Å². The van der Waals surface area contributed by atoms with E-state index in [1.807, 2.05) is 13.0 Å². The van der Waals surface area contributed by atoms with Crippen molar-refractivity contribution in [2.45, 2.75) is 26.9 Å². The van der Waals surface area contributed by atoms with Crippen molar-refractivity contribution in [2.24, 2.45) is 0 Å². The maximum absolute atomic E-state index is 12.5. The zero-order chi connectivity index (χ0) is 20.1. The van der Waals surface area contributed by atoms with Crippen LogP contribution >= 0.6 is 11.6 Å². The van der Waals surface area contributed by atoms with E-state index < -0.39 is 6.10 Å². The lowest BCUT2D eigenvalue weighted by molar-refractivity contribution is -0.122. The summed E-state index contributed by atoms with van der Waals surface area (Å²) >= 11 is 5.88. The molecule has 0 saturated carbocycles. The van der Waals surface area contributed by atoms with Crippen LogP contribution < -0.4 is 15.0 Å². The molecular formula is C22H28ClN3O2. The lowest BCUT2D eigenvalue weighted by Crippen LogP contribution is -2.46. The molecule has 3 rings (SSSR count). The van der Waals surface area contributed by atoms with E-state index in [0.717, 1.165) is 44.0 Å². The minimum atomic E-state index is -0.609. The Bertz CT molecular complexity index is 802. The van der Waals surface area contributed by atoms with Gasteiger partial charge in [-0.1, -0.05) is 18.5 Å². The van der Waals surface area contributed by atoms with Crippen LogP contribution in [0.3, 0.4) is 0 Å². The average Bonchev–Trinajstić information content (AvgIpc) is 2.71. The lowest BCUT2D eigenvalue weighted by Gasteiger charge is -2.35. The van der Waals surface area contributed by atoms with Gasteiger partial charge in [0.25, 0.3) is 5.91 Å². The Labute approximate surface area is 172 Å². The number of ether oxygens (including phenoxy) is 1. The van der Waals surface area contributed by atoms with Gasteiger partial charge in [0, 0.05) is 42.6 Å². The summed E-state index contributed by atoms with van der Waals surface area (Å²) in [5.74, 6) is 0.438. The fourth-order valence-electron chi connectivity index (χ4n) is 3.31. The topological polar surface area (TPSA) is 44.8 Å². The van der Waals surface area contributed by atoms with Crippen LogP contribution in [0.1, 0.15) is 19.4 Å². The highest BCUT2D eigenvalue weighted by molar-refractivity contribution is 6.30. The van der Waals surface area contributed by atoms with Crippen molar-refractivity contribution in [1.82, 2.24) is 4.90 Å². The van der Waals surface area contributed by atoms with Gasteiger partial charge >= 0.3 is 0 Å². The number of halogens is 1. The van der Waals surface area contributed by atoms with Crippen molar-refractivity contribution in [2.75, 3.05) is 42.9 Å². The van der Waals surface area contributed by atoms with E-state index in [0.29, 0.717) is 10.8 Å². The number of benzene rings is 2. The number of hydrogen-bond acceptors (Lipinski definition) is 4.